The first-order valence-electron chi connectivity index (χ1n) is 8.06. The molecule has 0 saturated heterocycles. The van der Waals surface area contributed by atoms with E-state index in [9.17, 15) is 0 Å². The Hall–Kier alpha value is -1.32. The highest BCUT2D eigenvalue weighted by Gasteiger charge is 2.40. The van der Waals surface area contributed by atoms with Crippen LogP contribution in [0.3, 0.4) is 0 Å². The minimum Gasteiger partial charge on any atom is -0.370 e. The molecule has 112 valence electrons. The normalized spacial score (nSPS) is 15.9. The first kappa shape index (κ1) is 15.1. The van der Waals surface area contributed by atoms with Crippen LogP contribution in [-0.2, 0) is 6.42 Å². The van der Waals surface area contributed by atoms with Gasteiger partial charge in [-0.2, -0.15) is 0 Å². The maximum atomic E-state index is 4.47. The third kappa shape index (κ3) is 3.62. The molecule has 4 heteroatoms. The van der Waals surface area contributed by atoms with Crippen LogP contribution in [0.25, 0.3) is 0 Å². The lowest BCUT2D eigenvalue weighted by Gasteiger charge is -2.18. The van der Waals surface area contributed by atoms with Crippen molar-refractivity contribution < 1.29 is 0 Å². The van der Waals surface area contributed by atoms with Crippen LogP contribution >= 0.6 is 0 Å². The summed E-state index contributed by atoms with van der Waals surface area (Å²) in [6.07, 6.45) is 8.88. The van der Waals surface area contributed by atoms with Crippen LogP contribution in [0.15, 0.2) is 6.33 Å². The van der Waals surface area contributed by atoms with Crippen molar-refractivity contribution >= 4 is 11.6 Å². The fourth-order valence-electron chi connectivity index (χ4n) is 2.55. The zero-order valence-electron chi connectivity index (χ0n) is 13.1. The summed E-state index contributed by atoms with van der Waals surface area (Å²) in [6, 6.07) is 0. The molecule has 2 rings (SSSR count). The molecular weight excluding hydrogens is 248 g/mol. The van der Waals surface area contributed by atoms with Crippen molar-refractivity contribution in [2.75, 3.05) is 23.7 Å². The Balaban J connectivity index is 2.09. The van der Waals surface area contributed by atoms with Gasteiger partial charge < -0.3 is 10.6 Å². The molecule has 1 heterocycles. The van der Waals surface area contributed by atoms with Crippen molar-refractivity contribution in [2.45, 2.75) is 59.3 Å². The summed E-state index contributed by atoms with van der Waals surface area (Å²) in [4.78, 5) is 8.88. The molecule has 1 aliphatic rings. The van der Waals surface area contributed by atoms with Crippen molar-refractivity contribution in [3.63, 3.8) is 0 Å². The highest BCUT2D eigenvalue weighted by Crippen LogP contribution is 2.48. The first-order valence-corrected chi connectivity index (χ1v) is 8.06. The van der Waals surface area contributed by atoms with Crippen molar-refractivity contribution in [1.82, 2.24) is 9.97 Å². The molecule has 0 aromatic carbocycles. The number of rotatable bonds is 9. The molecule has 1 aromatic rings. The van der Waals surface area contributed by atoms with Gasteiger partial charge in [0.25, 0.3) is 0 Å². The van der Waals surface area contributed by atoms with E-state index in [1.165, 1.54) is 24.8 Å². The number of hydrogen-bond acceptors (Lipinski definition) is 4. The summed E-state index contributed by atoms with van der Waals surface area (Å²) in [5, 5.41) is 7.00. The van der Waals surface area contributed by atoms with Crippen molar-refractivity contribution in [3.05, 3.63) is 11.9 Å². The molecule has 2 N–H and O–H groups in total. The molecule has 0 spiro atoms. The number of nitrogens with zero attached hydrogens (tertiary/aromatic N) is 2. The summed E-state index contributed by atoms with van der Waals surface area (Å²) in [6.45, 7) is 8.67. The molecule has 0 atom stereocenters. The molecule has 0 unspecified atom stereocenters. The molecule has 0 aliphatic heterocycles. The third-order valence-electron chi connectivity index (χ3n) is 4.33. The second kappa shape index (κ2) is 6.91. The highest BCUT2D eigenvalue weighted by molar-refractivity contribution is 5.57. The van der Waals surface area contributed by atoms with Gasteiger partial charge >= 0.3 is 0 Å². The number of nitrogens with one attached hydrogen (secondary N) is 2. The SMILES string of the molecule is CCCNc1ncnc(NCC2(CC)CC2)c1CCC. The Labute approximate surface area is 122 Å². The van der Waals surface area contributed by atoms with E-state index in [2.05, 4.69) is 41.4 Å². The van der Waals surface area contributed by atoms with Gasteiger partial charge in [0.15, 0.2) is 0 Å². The van der Waals surface area contributed by atoms with Crippen LogP contribution in [0.1, 0.15) is 58.4 Å². The van der Waals surface area contributed by atoms with Crippen LogP contribution in [0.5, 0.6) is 0 Å². The van der Waals surface area contributed by atoms with Gasteiger partial charge in [0.05, 0.1) is 0 Å². The van der Waals surface area contributed by atoms with Crippen molar-refractivity contribution in [1.29, 1.82) is 0 Å². The van der Waals surface area contributed by atoms with Crippen LogP contribution in [-0.4, -0.2) is 23.1 Å². The Bertz CT molecular complexity index is 426. The predicted octanol–water partition coefficient (Wildman–Crippen LogP) is 3.85. The monoisotopic (exact) mass is 276 g/mol. The van der Waals surface area contributed by atoms with Crippen LogP contribution in [0.2, 0.25) is 0 Å². The van der Waals surface area contributed by atoms with Gasteiger partial charge in [-0.1, -0.05) is 27.2 Å². The number of aromatic nitrogens is 2. The lowest BCUT2D eigenvalue weighted by atomic mass is 10.0. The summed E-state index contributed by atoms with van der Waals surface area (Å²) >= 11 is 0. The number of anilines is 2. The van der Waals surface area contributed by atoms with Crippen molar-refractivity contribution in [2.24, 2.45) is 5.41 Å². The maximum Gasteiger partial charge on any atom is 0.134 e. The Morgan fingerprint density at radius 2 is 1.75 bits per heavy atom. The molecule has 1 aliphatic carbocycles. The third-order valence-corrected chi connectivity index (χ3v) is 4.33. The fourth-order valence-corrected chi connectivity index (χ4v) is 2.55. The summed E-state index contributed by atoms with van der Waals surface area (Å²) in [5.74, 6) is 2.03. The molecule has 0 bridgehead atoms. The summed E-state index contributed by atoms with van der Waals surface area (Å²) in [5.41, 5.74) is 1.78. The van der Waals surface area contributed by atoms with Crippen LogP contribution in [0.4, 0.5) is 11.6 Å². The molecule has 0 radical (unpaired) electrons. The molecular formula is C16H28N4. The van der Waals surface area contributed by atoms with Gasteiger partial charge in [-0.15, -0.1) is 0 Å². The zero-order valence-corrected chi connectivity index (χ0v) is 13.1. The Kier molecular flexibility index (Phi) is 5.21. The second-order valence-corrected chi connectivity index (χ2v) is 5.93. The van der Waals surface area contributed by atoms with Crippen LogP contribution < -0.4 is 10.6 Å². The molecule has 1 saturated carbocycles. The molecule has 4 nitrogen and oxygen atoms in total. The van der Waals surface area contributed by atoms with Gasteiger partial charge in [-0.3, -0.25) is 0 Å². The Morgan fingerprint density at radius 1 is 1.05 bits per heavy atom. The average Bonchev–Trinajstić information content (AvgIpc) is 3.25. The van der Waals surface area contributed by atoms with E-state index in [4.69, 9.17) is 0 Å². The van der Waals surface area contributed by atoms with Gasteiger partial charge in [-0.05, 0) is 37.5 Å². The van der Waals surface area contributed by atoms with Crippen LogP contribution in [0, 0.1) is 5.41 Å². The first-order chi connectivity index (χ1) is 9.74. The van der Waals surface area contributed by atoms with E-state index >= 15 is 0 Å². The topological polar surface area (TPSA) is 49.8 Å². The zero-order chi connectivity index (χ0) is 14.4. The summed E-state index contributed by atoms with van der Waals surface area (Å²) < 4.78 is 0. The lowest BCUT2D eigenvalue weighted by Crippen LogP contribution is -2.17. The molecule has 20 heavy (non-hydrogen) atoms. The van der Waals surface area contributed by atoms with Gasteiger partial charge in [0.1, 0.15) is 18.0 Å². The largest absolute Gasteiger partial charge is 0.370 e. The maximum absolute atomic E-state index is 4.47. The van der Waals surface area contributed by atoms with Gasteiger partial charge in [0, 0.05) is 18.7 Å². The van der Waals surface area contributed by atoms with E-state index in [-0.39, 0.29) is 0 Å². The predicted molar refractivity (Wildman–Crippen MR) is 85.3 cm³/mol. The minimum absolute atomic E-state index is 0.533. The number of hydrogen-bond donors (Lipinski definition) is 2. The standard InChI is InChI=1S/C16H28N4/c1-4-7-13-14(17-10-5-2)19-12-20-15(13)18-11-16(6-3)8-9-16/h12H,4-11H2,1-3H3,(H2,17,18,19,20). The van der Waals surface area contributed by atoms with Gasteiger partial charge in [0.2, 0.25) is 0 Å². The van der Waals surface area contributed by atoms with Gasteiger partial charge in [-0.25, -0.2) is 9.97 Å². The van der Waals surface area contributed by atoms with E-state index in [1.54, 1.807) is 6.33 Å². The van der Waals surface area contributed by atoms with E-state index in [1.807, 2.05) is 0 Å². The van der Waals surface area contributed by atoms with E-state index in [0.29, 0.717) is 5.41 Å². The van der Waals surface area contributed by atoms with Crippen molar-refractivity contribution in [3.8, 4) is 0 Å². The molecule has 0 amide bonds. The average molecular weight is 276 g/mol. The van der Waals surface area contributed by atoms with E-state index in [0.717, 1.165) is 44.0 Å². The second-order valence-electron chi connectivity index (χ2n) is 5.93. The lowest BCUT2D eigenvalue weighted by molar-refractivity contribution is 0.520. The molecule has 1 fully saturated rings. The summed E-state index contributed by atoms with van der Waals surface area (Å²) in [7, 11) is 0. The smallest absolute Gasteiger partial charge is 0.134 e. The fraction of sp³-hybridized carbons (Fsp3) is 0.750. The minimum atomic E-state index is 0.533. The highest BCUT2D eigenvalue weighted by atomic mass is 15.1. The quantitative estimate of drug-likeness (QED) is 0.719. The molecule has 1 aromatic heterocycles. The van der Waals surface area contributed by atoms with E-state index < -0.39 is 0 Å². The Morgan fingerprint density at radius 3 is 2.30 bits per heavy atom.